The van der Waals surface area contributed by atoms with E-state index < -0.39 is 0 Å². The summed E-state index contributed by atoms with van der Waals surface area (Å²) in [5.74, 6) is 1.03. The molecule has 1 N–H and O–H groups in total. The van der Waals surface area contributed by atoms with Gasteiger partial charge in [-0.2, -0.15) is 0 Å². The Balaban J connectivity index is 1.27. The van der Waals surface area contributed by atoms with E-state index in [0.717, 1.165) is 32.0 Å². The molecule has 0 spiro atoms. The Morgan fingerprint density at radius 1 is 1.03 bits per heavy atom. The van der Waals surface area contributed by atoms with Gasteiger partial charge in [-0.3, -0.25) is 14.4 Å². The molecule has 0 radical (unpaired) electrons. The number of para-hydroxylation sites is 2. The zero-order valence-electron chi connectivity index (χ0n) is 18.5. The lowest BCUT2D eigenvalue weighted by molar-refractivity contribution is -0.135. The van der Waals surface area contributed by atoms with Crippen molar-refractivity contribution in [3.63, 3.8) is 0 Å². The topological polar surface area (TPSA) is 73.0 Å². The van der Waals surface area contributed by atoms with Crippen molar-refractivity contribution in [1.29, 1.82) is 0 Å². The second kappa shape index (κ2) is 9.81. The molecule has 3 heterocycles. The summed E-state index contributed by atoms with van der Waals surface area (Å²) in [6.07, 6.45) is 5.09. The SMILES string of the molecule is CC1CCN(CC2CCCN(C(=O)CCC(=O)N3CC(=O)Nc4ccccc43)C2)CC1. The van der Waals surface area contributed by atoms with Crippen LogP contribution in [-0.4, -0.2) is 66.8 Å². The van der Waals surface area contributed by atoms with Crippen molar-refractivity contribution in [1.82, 2.24) is 9.80 Å². The van der Waals surface area contributed by atoms with Crippen LogP contribution in [0.15, 0.2) is 24.3 Å². The summed E-state index contributed by atoms with van der Waals surface area (Å²) in [6.45, 7) is 7.34. The molecule has 3 aliphatic heterocycles. The molecule has 0 aromatic heterocycles. The lowest BCUT2D eigenvalue weighted by Crippen LogP contribution is -2.46. The van der Waals surface area contributed by atoms with E-state index in [0.29, 0.717) is 17.3 Å². The predicted molar refractivity (Wildman–Crippen MR) is 121 cm³/mol. The van der Waals surface area contributed by atoms with Crippen LogP contribution in [-0.2, 0) is 14.4 Å². The van der Waals surface area contributed by atoms with E-state index >= 15 is 0 Å². The number of hydrogen-bond acceptors (Lipinski definition) is 4. The molecule has 7 heteroatoms. The molecule has 2 fully saturated rings. The Morgan fingerprint density at radius 2 is 1.77 bits per heavy atom. The summed E-state index contributed by atoms with van der Waals surface area (Å²) >= 11 is 0. The molecule has 0 bridgehead atoms. The van der Waals surface area contributed by atoms with E-state index in [1.54, 1.807) is 6.07 Å². The van der Waals surface area contributed by atoms with Gasteiger partial charge >= 0.3 is 0 Å². The van der Waals surface area contributed by atoms with Crippen LogP contribution in [0, 0.1) is 11.8 Å². The van der Waals surface area contributed by atoms with Gasteiger partial charge in [0.1, 0.15) is 6.54 Å². The molecule has 1 unspecified atom stereocenters. The zero-order valence-corrected chi connectivity index (χ0v) is 18.5. The maximum Gasteiger partial charge on any atom is 0.244 e. The van der Waals surface area contributed by atoms with Crippen LogP contribution in [0.5, 0.6) is 0 Å². The Kier molecular flexibility index (Phi) is 6.90. The van der Waals surface area contributed by atoms with E-state index in [2.05, 4.69) is 17.1 Å². The number of carbonyl (C=O) groups excluding carboxylic acids is 3. The highest BCUT2D eigenvalue weighted by Crippen LogP contribution is 2.29. The fourth-order valence-corrected chi connectivity index (χ4v) is 5.01. The monoisotopic (exact) mass is 426 g/mol. The van der Waals surface area contributed by atoms with E-state index in [1.165, 1.54) is 37.3 Å². The molecule has 7 nitrogen and oxygen atoms in total. The quantitative estimate of drug-likeness (QED) is 0.786. The molecule has 0 aliphatic carbocycles. The van der Waals surface area contributed by atoms with E-state index in [4.69, 9.17) is 0 Å². The van der Waals surface area contributed by atoms with Crippen LogP contribution in [0.4, 0.5) is 11.4 Å². The minimum Gasteiger partial charge on any atom is -0.342 e. The first kappa shape index (κ1) is 21.8. The van der Waals surface area contributed by atoms with Gasteiger partial charge < -0.3 is 20.0 Å². The van der Waals surface area contributed by atoms with Gasteiger partial charge in [0.25, 0.3) is 0 Å². The van der Waals surface area contributed by atoms with Gasteiger partial charge in [-0.15, -0.1) is 0 Å². The molecular formula is C24H34N4O3. The standard InChI is InChI=1S/C24H34N4O3/c1-18-10-13-26(14-11-18)15-19-5-4-12-27(16-19)23(30)8-9-24(31)28-17-22(29)25-20-6-2-3-7-21(20)28/h2-3,6-7,18-19H,4-5,8-17H2,1H3,(H,25,29). The number of carbonyl (C=O) groups is 3. The summed E-state index contributed by atoms with van der Waals surface area (Å²) in [7, 11) is 0. The smallest absolute Gasteiger partial charge is 0.244 e. The van der Waals surface area contributed by atoms with Crippen LogP contribution in [0.1, 0.15) is 45.4 Å². The molecule has 3 aliphatic rings. The molecule has 1 aromatic carbocycles. The van der Waals surface area contributed by atoms with Gasteiger partial charge in [0.05, 0.1) is 11.4 Å². The summed E-state index contributed by atoms with van der Waals surface area (Å²) in [5.41, 5.74) is 1.35. The minimum atomic E-state index is -0.204. The second-order valence-electron chi connectivity index (χ2n) is 9.38. The highest BCUT2D eigenvalue weighted by molar-refractivity contribution is 6.10. The lowest BCUT2D eigenvalue weighted by atomic mass is 9.94. The van der Waals surface area contributed by atoms with Gasteiger partial charge in [0.2, 0.25) is 17.7 Å². The first-order valence-electron chi connectivity index (χ1n) is 11.7. The number of nitrogens with zero attached hydrogens (tertiary/aromatic N) is 3. The predicted octanol–water partition coefficient (Wildman–Crippen LogP) is 2.72. The molecule has 3 amide bonds. The number of fused-ring (bicyclic) bond motifs is 1. The largest absolute Gasteiger partial charge is 0.342 e. The molecule has 1 atom stereocenters. The van der Waals surface area contributed by atoms with E-state index in [1.807, 2.05) is 23.1 Å². The molecule has 1 aromatic rings. The second-order valence-corrected chi connectivity index (χ2v) is 9.38. The molecule has 4 rings (SSSR count). The van der Waals surface area contributed by atoms with Crippen LogP contribution in [0.25, 0.3) is 0 Å². The average molecular weight is 427 g/mol. The Morgan fingerprint density at radius 3 is 2.58 bits per heavy atom. The number of amides is 3. The highest BCUT2D eigenvalue weighted by atomic mass is 16.2. The first-order chi connectivity index (χ1) is 15.0. The normalized spacial score (nSPS) is 22.7. The van der Waals surface area contributed by atoms with Crippen molar-refractivity contribution >= 4 is 29.1 Å². The van der Waals surface area contributed by atoms with E-state index in [-0.39, 0.29) is 37.1 Å². The molecule has 2 saturated heterocycles. The molecule has 168 valence electrons. The Labute approximate surface area is 184 Å². The summed E-state index contributed by atoms with van der Waals surface area (Å²) in [6, 6.07) is 7.28. The van der Waals surface area contributed by atoms with Crippen LogP contribution in [0.2, 0.25) is 0 Å². The lowest BCUT2D eigenvalue weighted by Gasteiger charge is -2.38. The van der Waals surface area contributed by atoms with Crippen LogP contribution < -0.4 is 10.2 Å². The maximum absolute atomic E-state index is 12.8. The number of nitrogens with one attached hydrogen (secondary N) is 1. The number of benzene rings is 1. The molecule has 31 heavy (non-hydrogen) atoms. The molecule has 0 saturated carbocycles. The number of piperidine rings is 2. The number of hydrogen-bond donors (Lipinski definition) is 1. The third-order valence-corrected chi connectivity index (χ3v) is 6.89. The molecular weight excluding hydrogens is 392 g/mol. The van der Waals surface area contributed by atoms with Crippen molar-refractivity contribution < 1.29 is 14.4 Å². The number of rotatable bonds is 5. The van der Waals surface area contributed by atoms with Gasteiger partial charge in [0, 0.05) is 32.5 Å². The van der Waals surface area contributed by atoms with Crippen molar-refractivity contribution in [3.05, 3.63) is 24.3 Å². The van der Waals surface area contributed by atoms with Gasteiger partial charge in [-0.1, -0.05) is 19.1 Å². The number of anilines is 2. The van der Waals surface area contributed by atoms with Crippen LogP contribution >= 0.6 is 0 Å². The van der Waals surface area contributed by atoms with Gasteiger partial charge in [-0.25, -0.2) is 0 Å². The summed E-state index contributed by atoms with van der Waals surface area (Å²) in [4.78, 5) is 43.6. The number of likely N-dealkylation sites (tertiary alicyclic amines) is 2. The fraction of sp³-hybridized carbons (Fsp3) is 0.625. The van der Waals surface area contributed by atoms with Crippen molar-refractivity contribution in [2.75, 3.05) is 49.5 Å². The summed E-state index contributed by atoms with van der Waals surface area (Å²) in [5, 5.41) is 2.79. The minimum absolute atomic E-state index is 0.00424. The maximum atomic E-state index is 12.8. The van der Waals surface area contributed by atoms with Crippen molar-refractivity contribution in [3.8, 4) is 0 Å². The third-order valence-electron chi connectivity index (χ3n) is 6.89. The Hall–Kier alpha value is -2.41. The zero-order chi connectivity index (χ0) is 21.8. The van der Waals surface area contributed by atoms with Gasteiger partial charge in [-0.05, 0) is 62.7 Å². The first-order valence-corrected chi connectivity index (χ1v) is 11.7. The summed E-state index contributed by atoms with van der Waals surface area (Å²) < 4.78 is 0. The fourth-order valence-electron chi connectivity index (χ4n) is 5.01. The van der Waals surface area contributed by atoms with Crippen molar-refractivity contribution in [2.45, 2.75) is 45.4 Å². The average Bonchev–Trinajstić information content (AvgIpc) is 2.78. The van der Waals surface area contributed by atoms with Crippen molar-refractivity contribution in [2.24, 2.45) is 11.8 Å². The Bertz CT molecular complexity index is 819. The van der Waals surface area contributed by atoms with Crippen LogP contribution in [0.3, 0.4) is 0 Å². The third kappa shape index (κ3) is 5.45. The van der Waals surface area contributed by atoms with Gasteiger partial charge in [0.15, 0.2) is 0 Å². The highest BCUT2D eigenvalue weighted by Gasteiger charge is 2.29. The van der Waals surface area contributed by atoms with E-state index in [9.17, 15) is 14.4 Å².